The number of fused-ring (bicyclic) bond motifs is 2. The zero-order chi connectivity index (χ0) is 9.97. The molecule has 2 aliphatic carbocycles. The third kappa shape index (κ3) is 1.99. The number of carbonyl (C=O) groups is 1. The third-order valence-electron chi connectivity index (χ3n) is 3.68. The van der Waals surface area contributed by atoms with E-state index in [2.05, 4.69) is 6.58 Å². The van der Waals surface area contributed by atoms with Gasteiger partial charge in [0.05, 0.1) is 0 Å². The van der Waals surface area contributed by atoms with Crippen LogP contribution in [0.4, 0.5) is 0 Å². The third-order valence-corrected chi connectivity index (χ3v) is 3.68. The summed E-state index contributed by atoms with van der Waals surface area (Å²) in [5.41, 5.74) is 0. The Labute approximate surface area is 85.3 Å². The van der Waals surface area contributed by atoms with Gasteiger partial charge in [-0.2, -0.15) is 0 Å². The van der Waals surface area contributed by atoms with Crippen LogP contribution in [-0.4, -0.2) is 12.6 Å². The molecule has 0 heterocycles. The number of hydrogen-bond donors (Lipinski definition) is 0. The Morgan fingerprint density at radius 1 is 1.43 bits per heavy atom. The van der Waals surface area contributed by atoms with Crippen molar-refractivity contribution in [3.8, 4) is 0 Å². The fourth-order valence-corrected chi connectivity index (χ4v) is 3.05. The van der Waals surface area contributed by atoms with Crippen LogP contribution in [-0.2, 0) is 9.53 Å². The molecule has 0 aliphatic heterocycles. The maximum atomic E-state index is 11.4. The minimum Gasteiger partial charge on any atom is -0.461 e. The smallest absolute Gasteiger partial charge is 0.306 e. The predicted molar refractivity (Wildman–Crippen MR) is 54.7 cm³/mol. The topological polar surface area (TPSA) is 26.3 Å². The van der Waals surface area contributed by atoms with Crippen LogP contribution in [0.25, 0.3) is 0 Å². The van der Waals surface area contributed by atoms with Gasteiger partial charge in [0.2, 0.25) is 0 Å². The maximum Gasteiger partial charge on any atom is 0.306 e. The van der Waals surface area contributed by atoms with Crippen LogP contribution in [0.15, 0.2) is 12.7 Å². The molecule has 78 valence electrons. The summed E-state index contributed by atoms with van der Waals surface area (Å²) in [5.74, 6) is 2.31. The first-order valence-electron chi connectivity index (χ1n) is 5.56. The lowest BCUT2D eigenvalue weighted by molar-refractivity contribution is -0.143. The Balaban J connectivity index is 1.75. The average molecular weight is 194 g/mol. The van der Waals surface area contributed by atoms with Gasteiger partial charge in [-0.15, -0.1) is 0 Å². The Bertz CT molecular complexity index is 234. The van der Waals surface area contributed by atoms with Gasteiger partial charge in [0.15, 0.2) is 0 Å². The number of esters is 1. The van der Waals surface area contributed by atoms with Crippen LogP contribution in [0.3, 0.4) is 0 Å². The molecule has 2 heteroatoms. The first-order chi connectivity index (χ1) is 6.79. The van der Waals surface area contributed by atoms with Crippen LogP contribution >= 0.6 is 0 Å². The van der Waals surface area contributed by atoms with Crippen molar-refractivity contribution >= 4 is 5.97 Å². The zero-order valence-electron chi connectivity index (χ0n) is 8.58. The normalized spacial score (nSPS) is 34.4. The molecule has 2 rings (SSSR count). The summed E-state index contributed by atoms with van der Waals surface area (Å²) < 4.78 is 5.00. The molecular weight excluding hydrogens is 176 g/mol. The molecule has 3 atom stereocenters. The lowest BCUT2D eigenvalue weighted by Crippen LogP contribution is -2.16. The number of ether oxygens (including phenoxy) is 1. The highest BCUT2D eigenvalue weighted by atomic mass is 16.5. The van der Waals surface area contributed by atoms with Gasteiger partial charge in [0.1, 0.15) is 6.61 Å². The SMILES string of the molecule is C=CCOC(=O)CC1CC2CCC1C2. The molecule has 2 bridgehead atoms. The Morgan fingerprint density at radius 3 is 2.86 bits per heavy atom. The van der Waals surface area contributed by atoms with Crippen molar-refractivity contribution in [3.63, 3.8) is 0 Å². The van der Waals surface area contributed by atoms with Gasteiger partial charge in [-0.05, 0) is 37.0 Å². The fraction of sp³-hybridized carbons (Fsp3) is 0.750. The standard InChI is InChI=1S/C12H18O2/c1-2-5-14-12(13)8-11-7-9-3-4-10(11)6-9/h2,9-11H,1,3-8H2. The van der Waals surface area contributed by atoms with Gasteiger partial charge in [0.25, 0.3) is 0 Å². The van der Waals surface area contributed by atoms with Crippen molar-refractivity contribution in [1.29, 1.82) is 0 Å². The molecule has 3 unspecified atom stereocenters. The molecule has 14 heavy (non-hydrogen) atoms. The summed E-state index contributed by atoms with van der Waals surface area (Å²) >= 11 is 0. The molecule has 0 amide bonds. The molecule has 0 spiro atoms. The van der Waals surface area contributed by atoms with E-state index in [9.17, 15) is 4.79 Å². The summed E-state index contributed by atoms with van der Waals surface area (Å²) in [6, 6.07) is 0. The van der Waals surface area contributed by atoms with Crippen molar-refractivity contribution in [1.82, 2.24) is 0 Å². The van der Waals surface area contributed by atoms with E-state index in [-0.39, 0.29) is 5.97 Å². The second kappa shape index (κ2) is 4.16. The molecular formula is C12H18O2. The van der Waals surface area contributed by atoms with Crippen molar-refractivity contribution in [3.05, 3.63) is 12.7 Å². The maximum absolute atomic E-state index is 11.4. The highest BCUT2D eigenvalue weighted by Crippen LogP contribution is 2.49. The molecule has 0 aromatic carbocycles. The average Bonchev–Trinajstić information content (AvgIpc) is 2.76. The van der Waals surface area contributed by atoms with E-state index in [1.807, 2.05) is 0 Å². The van der Waals surface area contributed by atoms with Gasteiger partial charge in [-0.1, -0.05) is 19.1 Å². The molecule has 2 nitrogen and oxygen atoms in total. The van der Waals surface area contributed by atoms with Crippen molar-refractivity contribution in [2.24, 2.45) is 17.8 Å². The fourth-order valence-electron chi connectivity index (χ4n) is 3.05. The first kappa shape index (κ1) is 9.75. The lowest BCUT2D eigenvalue weighted by atomic mass is 9.86. The van der Waals surface area contributed by atoms with Gasteiger partial charge in [0, 0.05) is 6.42 Å². The van der Waals surface area contributed by atoms with Crippen molar-refractivity contribution < 1.29 is 9.53 Å². The van der Waals surface area contributed by atoms with Crippen LogP contribution in [0, 0.1) is 17.8 Å². The van der Waals surface area contributed by atoms with E-state index in [1.54, 1.807) is 6.08 Å². The first-order valence-corrected chi connectivity index (χ1v) is 5.56. The summed E-state index contributed by atoms with van der Waals surface area (Å²) in [6.45, 7) is 3.89. The van der Waals surface area contributed by atoms with Crippen molar-refractivity contribution in [2.75, 3.05) is 6.61 Å². The van der Waals surface area contributed by atoms with E-state index in [0.29, 0.717) is 18.9 Å². The minimum atomic E-state index is -0.0394. The van der Waals surface area contributed by atoms with Crippen LogP contribution in [0.5, 0.6) is 0 Å². The van der Waals surface area contributed by atoms with E-state index in [0.717, 1.165) is 11.8 Å². The molecule has 2 saturated carbocycles. The quantitative estimate of drug-likeness (QED) is 0.508. The number of carbonyl (C=O) groups excluding carboxylic acids is 1. The largest absolute Gasteiger partial charge is 0.461 e. The molecule has 0 aromatic heterocycles. The van der Waals surface area contributed by atoms with Gasteiger partial charge < -0.3 is 4.74 Å². The van der Waals surface area contributed by atoms with Gasteiger partial charge in [-0.25, -0.2) is 0 Å². The second-order valence-electron chi connectivity index (χ2n) is 4.61. The van der Waals surface area contributed by atoms with E-state index < -0.39 is 0 Å². The number of hydrogen-bond acceptors (Lipinski definition) is 2. The van der Waals surface area contributed by atoms with Crippen LogP contribution in [0.1, 0.15) is 32.1 Å². The zero-order valence-corrected chi connectivity index (χ0v) is 8.58. The van der Waals surface area contributed by atoms with E-state index in [4.69, 9.17) is 4.74 Å². The van der Waals surface area contributed by atoms with Crippen LogP contribution in [0.2, 0.25) is 0 Å². The molecule has 0 saturated heterocycles. The van der Waals surface area contributed by atoms with E-state index in [1.165, 1.54) is 25.7 Å². The minimum absolute atomic E-state index is 0.0394. The van der Waals surface area contributed by atoms with Gasteiger partial charge in [-0.3, -0.25) is 4.79 Å². The lowest BCUT2D eigenvalue weighted by Gasteiger charge is -2.20. The predicted octanol–water partition coefficient (Wildman–Crippen LogP) is 2.54. The Hall–Kier alpha value is -0.790. The molecule has 0 N–H and O–H groups in total. The molecule has 2 aliphatic rings. The number of rotatable bonds is 4. The highest BCUT2D eigenvalue weighted by Gasteiger charge is 2.40. The molecule has 0 radical (unpaired) electrons. The van der Waals surface area contributed by atoms with E-state index >= 15 is 0 Å². The molecule has 0 aromatic rings. The van der Waals surface area contributed by atoms with Gasteiger partial charge >= 0.3 is 5.97 Å². The van der Waals surface area contributed by atoms with Crippen LogP contribution < -0.4 is 0 Å². The summed E-state index contributed by atoms with van der Waals surface area (Å²) in [4.78, 5) is 11.4. The van der Waals surface area contributed by atoms with Crippen molar-refractivity contribution in [2.45, 2.75) is 32.1 Å². The summed E-state index contributed by atoms with van der Waals surface area (Å²) in [7, 11) is 0. The second-order valence-corrected chi connectivity index (χ2v) is 4.61. The monoisotopic (exact) mass is 194 g/mol. The Kier molecular flexibility index (Phi) is 2.90. The summed E-state index contributed by atoms with van der Waals surface area (Å²) in [5, 5.41) is 0. The molecule has 2 fully saturated rings. The summed E-state index contributed by atoms with van der Waals surface area (Å²) in [6.07, 6.45) is 7.61. The highest BCUT2D eigenvalue weighted by molar-refractivity contribution is 5.69. The Morgan fingerprint density at radius 2 is 2.29 bits per heavy atom.